The lowest BCUT2D eigenvalue weighted by molar-refractivity contribution is -0.383. The van der Waals surface area contributed by atoms with Crippen molar-refractivity contribution >= 4 is 56.4 Å². The minimum atomic E-state index is -0.557. The lowest BCUT2D eigenvalue weighted by Crippen LogP contribution is -2.06. The summed E-state index contributed by atoms with van der Waals surface area (Å²) in [5.74, 6) is 0.460. The second-order valence-corrected chi connectivity index (χ2v) is 6.15. The van der Waals surface area contributed by atoms with Crippen LogP contribution in [0.2, 0.25) is 5.02 Å². The summed E-state index contributed by atoms with van der Waals surface area (Å²) in [7, 11) is 0. The van der Waals surface area contributed by atoms with Gasteiger partial charge in [-0.05, 0) is 30.3 Å². The van der Waals surface area contributed by atoms with Crippen molar-refractivity contribution in [3.63, 3.8) is 0 Å². The maximum absolute atomic E-state index is 11.5. The molecule has 0 aliphatic carbocycles. The summed E-state index contributed by atoms with van der Waals surface area (Å²) in [4.78, 5) is 23.0. The van der Waals surface area contributed by atoms with Gasteiger partial charge in [0.25, 0.3) is 0 Å². The summed E-state index contributed by atoms with van der Waals surface area (Å²) >= 11 is 9.14. The van der Waals surface area contributed by atoms with Crippen molar-refractivity contribution in [3.05, 3.63) is 68.5 Å². The van der Waals surface area contributed by atoms with Crippen LogP contribution >= 0.6 is 27.5 Å². The number of nitrogens with zero attached hydrogens (tertiary/aromatic N) is 4. The molecule has 0 fully saturated rings. The predicted octanol–water partition coefficient (Wildman–Crippen LogP) is 4.68. The highest BCUT2D eigenvalue weighted by molar-refractivity contribution is 9.10. The van der Waals surface area contributed by atoms with E-state index in [0.717, 1.165) is 4.47 Å². The first-order chi connectivity index (χ1) is 12.0. The molecule has 0 atom stereocenters. The zero-order valence-electron chi connectivity index (χ0n) is 12.5. The molecule has 126 valence electrons. The summed E-state index contributed by atoms with van der Waals surface area (Å²) in [6, 6.07) is 10.4. The van der Waals surface area contributed by atoms with Gasteiger partial charge < -0.3 is 10.6 Å². The molecule has 3 aromatic rings. The number of aromatic nitrogens is 3. The minimum absolute atomic E-state index is 0.0207. The monoisotopic (exact) mass is 420 g/mol. The second-order valence-electron chi connectivity index (χ2n) is 4.80. The number of anilines is 4. The molecule has 0 aliphatic rings. The van der Waals surface area contributed by atoms with Crippen LogP contribution in [-0.2, 0) is 0 Å². The van der Waals surface area contributed by atoms with Crippen molar-refractivity contribution in [1.29, 1.82) is 0 Å². The zero-order chi connectivity index (χ0) is 17.8. The third-order valence-corrected chi connectivity index (χ3v) is 3.78. The van der Waals surface area contributed by atoms with Gasteiger partial charge in [-0.15, -0.1) is 0 Å². The lowest BCUT2D eigenvalue weighted by Gasteiger charge is -2.10. The molecule has 2 heterocycles. The Labute approximate surface area is 155 Å². The van der Waals surface area contributed by atoms with E-state index in [-0.39, 0.29) is 17.3 Å². The summed E-state index contributed by atoms with van der Waals surface area (Å²) in [5, 5.41) is 17.7. The fourth-order valence-electron chi connectivity index (χ4n) is 2.01. The quantitative estimate of drug-likeness (QED) is 0.455. The largest absolute Gasteiger partial charge is 0.353 e. The van der Waals surface area contributed by atoms with Gasteiger partial charge in [0.2, 0.25) is 11.6 Å². The zero-order valence-corrected chi connectivity index (χ0v) is 14.8. The number of pyridine rings is 1. The smallest absolute Gasteiger partial charge is 0.334 e. The van der Waals surface area contributed by atoms with E-state index in [1.165, 1.54) is 12.5 Å². The van der Waals surface area contributed by atoms with Crippen LogP contribution < -0.4 is 10.6 Å². The van der Waals surface area contributed by atoms with Crippen LogP contribution in [0, 0.1) is 10.1 Å². The standard InChI is InChI=1S/C15H10BrClN6O2/c16-9-2-1-3-11(6-9)21-14-13(23(24)25)15(20-8-19-14)22-12-5-4-10(17)7-18-12/h1-8H,(H2,18,19,20,21,22). The van der Waals surface area contributed by atoms with E-state index in [1.807, 2.05) is 6.07 Å². The van der Waals surface area contributed by atoms with Crippen LogP contribution in [0.25, 0.3) is 0 Å². The first kappa shape index (κ1) is 17.1. The number of benzene rings is 1. The normalized spacial score (nSPS) is 10.3. The number of halogens is 2. The molecule has 0 unspecified atom stereocenters. The van der Waals surface area contributed by atoms with Crippen LogP contribution in [0.15, 0.2) is 53.4 Å². The Morgan fingerprint density at radius 3 is 2.48 bits per heavy atom. The van der Waals surface area contributed by atoms with Crippen LogP contribution in [-0.4, -0.2) is 19.9 Å². The molecule has 1 aromatic carbocycles. The Balaban J connectivity index is 1.96. The summed E-state index contributed by atoms with van der Waals surface area (Å²) in [6.07, 6.45) is 2.66. The molecule has 25 heavy (non-hydrogen) atoms. The van der Waals surface area contributed by atoms with Gasteiger partial charge in [0.1, 0.15) is 12.1 Å². The van der Waals surface area contributed by atoms with E-state index < -0.39 is 4.92 Å². The Morgan fingerprint density at radius 2 is 1.84 bits per heavy atom. The van der Waals surface area contributed by atoms with Crippen molar-refractivity contribution in [1.82, 2.24) is 15.0 Å². The summed E-state index contributed by atoms with van der Waals surface area (Å²) in [5.41, 5.74) is 0.353. The van der Waals surface area contributed by atoms with E-state index in [0.29, 0.717) is 16.5 Å². The van der Waals surface area contributed by atoms with E-state index in [9.17, 15) is 10.1 Å². The molecule has 0 saturated carbocycles. The topological polar surface area (TPSA) is 106 Å². The van der Waals surface area contributed by atoms with Crippen molar-refractivity contribution < 1.29 is 4.92 Å². The van der Waals surface area contributed by atoms with Crippen LogP contribution in [0.5, 0.6) is 0 Å². The van der Waals surface area contributed by atoms with Crippen LogP contribution in [0.4, 0.5) is 28.8 Å². The van der Waals surface area contributed by atoms with E-state index in [2.05, 4.69) is 41.5 Å². The van der Waals surface area contributed by atoms with Gasteiger partial charge in [-0.3, -0.25) is 10.1 Å². The Morgan fingerprint density at radius 1 is 1.08 bits per heavy atom. The molecule has 3 rings (SSSR count). The highest BCUT2D eigenvalue weighted by Gasteiger charge is 2.23. The Kier molecular flexibility index (Phi) is 5.05. The SMILES string of the molecule is O=[N+]([O-])c1c(Nc2cccc(Br)c2)ncnc1Nc1ccc(Cl)cn1. The molecule has 0 amide bonds. The maximum atomic E-state index is 11.5. The number of hydrogen-bond acceptors (Lipinski definition) is 7. The average molecular weight is 422 g/mol. The van der Waals surface area contributed by atoms with Gasteiger partial charge in [0.05, 0.1) is 9.95 Å². The van der Waals surface area contributed by atoms with Crippen molar-refractivity contribution in [2.75, 3.05) is 10.6 Å². The van der Waals surface area contributed by atoms with Gasteiger partial charge in [0.15, 0.2) is 0 Å². The lowest BCUT2D eigenvalue weighted by atomic mass is 10.3. The first-order valence-corrected chi connectivity index (χ1v) is 8.10. The van der Waals surface area contributed by atoms with Gasteiger partial charge in [-0.2, -0.15) is 0 Å². The number of rotatable bonds is 5. The van der Waals surface area contributed by atoms with Crippen LogP contribution in [0.1, 0.15) is 0 Å². The Hall–Kier alpha value is -2.78. The van der Waals surface area contributed by atoms with Crippen molar-refractivity contribution in [2.45, 2.75) is 0 Å². The molecule has 0 spiro atoms. The third kappa shape index (κ3) is 4.20. The summed E-state index contributed by atoms with van der Waals surface area (Å²) in [6.45, 7) is 0. The molecule has 0 bridgehead atoms. The molecular weight excluding hydrogens is 412 g/mol. The maximum Gasteiger partial charge on any atom is 0.353 e. The van der Waals surface area contributed by atoms with Gasteiger partial charge in [-0.25, -0.2) is 15.0 Å². The fourth-order valence-corrected chi connectivity index (χ4v) is 2.52. The highest BCUT2D eigenvalue weighted by atomic mass is 79.9. The summed E-state index contributed by atoms with van der Waals surface area (Å²) < 4.78 is 0.831. The average Bonchev–Trinajstić information content (AvgIpc) is 2.57. The number of nitro groups is 1. The van der Waals surface area contributed by atoms with E-state index in [4.69, 9.17) is 11.6 Å². The van der Waals surface area contributed by atoms with Crippen molar-refractivity contribution in [3.8, 4) is 0 Å². The van der Waals surface area contributed by atoms with Crippen molar-refractivity contribution in [2.24, 2.45) is 0 Å². The minimum Gasteiger partial charge on any atom is -0.334 e. The fraction of sp³-hybridized carbons (Fsp3) is 0. The molecule has 2 aromatic heterocycles. The van der Waals surface area contributed by atoms with Gasteiger partial charge in [-0.1, -0.05) is 33.6 Å². The van der Waals surface area contributed by atoms with Gasteiger partial charge in [0, 0.05) is 16.4 Å². The third-order valence-electron chi connectivity index (χ3n) is 3.07. The number of nitrogens with one attached hydrogen (secondary N) is 2. The molecule has 0 radical (unpaired) electrons. The van der Waals surface area contributed by atoms with Crippen LogP contribution in [0.3, 0.4) is 0 Å². The number of hydrogen-bond donors (Lipinski definition) is 2. The molecule has 8 nitrogen and oxygen atoms in total. The van der Waals surface area contributed by atoms with Gasteiger partial charge >= 0.3 is 5.69 Å². The first-order valence-electron chi connectivity index (χ1n) is 6.93. The van der Waals surface area contributed by atoms with E-state index in [1.54, 1.807) is 30.3 Å². The van der Waals surface area contributed by atoms with E-state index >= 15 is 0 Å². The molecule has 2 N–H and O–H groups in total. The molecule has 0 aliphatic heterocycles. The molecule has 0 saturated heterocycles. The highest BCUT2D eigenvalue weighted by Crippen LogP contribution is 2.33. The second kappa shape index (κ2) is 7.41. The molecule has 10 heteroatoms. The predicted molar refractivity (Wildman–Crippen MR) is 98.6 cm³/mol. The molecular formula is C15H10BrClN6O2. The Bertz CT molecular complexity index is 922.